The lowest BCUT2D eigenvalue weighted by atomic mass is 10.1. The highest BCUT2D eigenvalue weighted by atomic mass is 35.5. The summed E-state index contributed by atoms with van der Waals surface area (Å²) in [5.74, 6) is -0.524. The molecule has 1 saturated heterocycles. The lowest BCUT2D eigenvalue weighted by Crippen LogP contribution is -2.27. The molecule has 0 unspecified atom stereocenters. The van der Waals surface area contributed by atoms with Gasteiger partial charge in [-0.2, -0.15) is 0 Å². The smallest absolute Gasteiger partial charge is 0.268 e. The quantitative estimate of drug-likeness (QED) is 0.397. The summed E-state index contributed by atoms with van der Waals surface area (Å²) in [6, 6.07) is 10.8. The van der Waals surface area contributed by atoms with Crippen molar-refractivity contribution in [2.45, 2.75) is 6.54 Å². The van der Waals surface area contributed by atoms with Gasteiger partial charge in [-0.15, -0.1) is 0 Å². The van der Waals surface area contributed by atoms with E-state index in [4.69, 9.17) is 23.2 Å². The predicted molar refractivity (Wildman–Crippen MR) is 101 cm³/mol. The molecule has 0 spiro atoms. The second kappa shape index (κ2) is 7.49. The number of nitrogens with zero attached hydrogens (tertiary/aromatic N) is 2. The van der Waals surface area contributed by atoms with Crippen molar-refractivity contribution in [1.82, 2.24) is 4.90 Å². The third-order valence-corrected chi connectivity index (χ3v) is 5.13. The second-order valence-corrected chi connectivity index (χ2v) is 7.16. The van der Waals surface area contributed by atoms with E-state index in [-0.39, 0.29) is 22.7 Å². The van der Waals surface area contributed by atoms with E-state index in [0.29, 0.717) is 15.6 Å². The summed E-state index contributed by atoms with van der Waals surface area (Å²) < 4.78 is 0. The van der Waals surface area contributed by atoms with Crippen LogP contribution in [0, 0.1) is 10.1 Å². The summed E-state index contributed by atoms with van der Waals surface area (Å²) in [6.45, 7) is -0.00507. The summed E-state index contributed by atoms with van der Waals surface area (Å²) >= 11 is 12.7. The summed E-state index contributed by atoms with van der Waals surface area (Å²) in [6.07, 6.45) is 1.35. The van der Waals surface area contributed by atoms with Gasteiger partial charge in [0.15, 0.2) is 0 Å². The summed E-state index contributed by atoms with van der Waals surface area (Å²) in [5.41, 5.74) is 0.692. The van der Waals surface area contributed by atoms with Gasteiger partial charge in [0.2, 0.25) is 0 Å². The lowest BCUT2D eigenvalue weighted by molar-refractivity contribution is -0.385. The van der Waals surface area contributed by atoms with Gasteiger partial charge in [-0.3, -0.25) is 24.6 Å². The number of nitro groups is 1. The number of carbonyl (C=O) groups excluding carboxylic acids is 2. The van der Waals surface area contributed by atoms with E-state index in [0.717, 1.165) is 16.7 Å². The third-order valence-electron chi connectivity index (χ3n) is 3.64. The molecule has 0 saturated carbocycles. The molecular formula is C17H10Cl2N2O4S. The van der Waals surface area contributed by atoms with Crippen LogP contribution in [0.3, 0.4) is 0 Å². The van der Waals surface area contributed by atoms with Crippen LogP contribution in [0.1, 0.15) is 11.1 Å². The number of amides is 2. The van der Waals surface area contributed by atoms with Gasteiger partial charge in [-0.05, 0) is 41.6 Å². The van der Waals surface area contributed by atoms with Gasteiger partial charge < -0.3 is 0 Å². The fraction of sp³-hybridized carbons (Fsp3) is 0.0588. The number of thioether (sulfide) groups is 1. The Balaban J connectivity index is 1.89. The van der Waals surface area contributed by atoms with E-state index < -0.39 is 16.1 Å². The van der Waals surface area contributed by atoms with Crippen molar-refractivity contribution >= 4 is 57.9 Å². The maximum Gasteiger partial charge on any atom is 0.293 e. The number of hydrogen-bond acceptors (Lipinski definition) is 5. The predicted octanol–water partition coefficient (Wildman–Crippen LogP) is 5.14. The van der Waals surface area contributed by atoms with Crippen molar-refractivity contribution in [3.05, 3.63) is 78.7 Å². The van der Waals surface area contributed by atoms with E-state index in [1.54, 1.807) is 18.2 Å². The van der Waals surface area contributed by atoms with Crippen LogP contribution in [0.5, 0.6) is 0 Å². The minimum Gasteiger partial charge on any atom is -0.268 e. The normalized spacial score (nSPS) is 15.8. The molecule has 0 atom stereocenters. The molecule has 1 aliphatic rings. The number of benzene rings is 2. The van der Waals surface area contributed by atoms with Crippen LogP contribution >= 0.6 is 35.0 Å². The van der Waals surface area contributed by atoms with Crippen molar-refractivity contribution in [3.8, 4) is 0 Å². The number of para-hydroxylation sites is 1. The molecule has 2 aromatic carbocycles. The van der Waals surface area contributed by atoms with Crippen molar-refractivity contribution in [1.29, 1.82) is 0 Å². The van der Waals surface area contributed by atoms with Crippen LogP contribution in [0.15, 0.2) is 47.4 Å². The maximum absolute atomic E-state index is 12.6. The Morgan fingerprint density at radius 2 is 1.88 bits per heavy atom. The van der Waals surface area contributed by atoms with Crippen molar-refractivity contribution in [3.63, 3.8) is 0 Å². The zero-order valence-electron chi connectivity index (χ0n) is 13.0. The third kappa shape index (κ3) is 3.75. The monoisotopic (exact) mass is 408 g/mol. The Labute approximate surface area is 162 Å². The molecular weight excluding hydrogens is 399 g/mol. The van der Waals surface area contributed by atoms with Crippen LogP contribution in [0.25, 0.3) is 6.08 Å². The first-order valence-electron chi connectivity index (χ1n) is 7.29. The number of hydrogen-bond donors (Lipinski definition) is 0. The van der Waals surface area contributed by atoms with E-state index in [1.807, 2.05) is 0 Å². The molecule has 132 valence electrons. The van der Waals surface area contributed by atoms with E-state index in [2.05, 4.69) is 0 Å². The molecule has 0 bridgehead atoms. The highest BCUT2D eigenvalue weighted by Crippen LogP contribution is 2.35. The Hall–Kier alpha value is -2.35. The maximum atomic E-state index is 12.6. The van der Waals surface area contributed by atoms with Crippen molar-refractivity contribution in [2.75, 3.05) is 0 Å². The standard InChI is InChI=1S/C17H10Cl2N2O4S/c18-12-6-5-11(13(19)8-12)9-20-16(22)15(26-17(20)23)7-10-3-1-2-4-14(10)21(24)25/h1-8H,9H2/b15-7-. The molecule has 0 N–H and O–H groups in total. The number of nitro benzene ring substituents is 1. The largest absolute Gasteiger partial charge is 0.293 e. The van der Waals surface area contributed by atoms with Gasteiger partial charge in [0.1, 0.15) is 0 Å². The van der Waals surface area contributed by atoms with Crippen molar-refractivity contribution in [2.24, 2.45) is 0 Å². The van der Waals surface area contributed by atoms with E-state index in [9.17, 15) is 19.7 Å². The Morgan fingerprint density at radius 1 is 1.15 bits per heavy atom. The van der Waals surface area contributed by atoms with Gasteiger partial charge in [0.05, 0.1) is 21.9 Å². The average Bonchev–Trinajstić information content (AvgIpc) is 2.85. The molecule has 26 heavy (non-hydrogen) atoms. The first-order valence-corrected chi connectivity index (χ1v) is 8.87. The van der Waals surface area contributed by atoms with E-state index in [1.165, 1.54) is 30.3 Å². The van der Waals surface area contributed by atoms with Crippen LogP contribution < -0.4 is 0 Å². The van der Waals surface area contributed by atoms with Crippen LogP contribution in [0.2, 0.25) is 10.0 Å². The Morgan fingerprint density at radius 3 is 2.58 bits per heavy atom. The average molecular weight is 409 g/mol. The Kier molecular flexibility index (Phi) is 5.31. The van der Waals surface area contributed by atoms with Crippen molar-refractivity contribution < 1.29 is 14.5 Å². The summed E-state index contributed by atoms with van der Waals surface area (Å²) in [7, 11) is 0. The first kappa shape index (κ1) is 18.4. The number of halogens is 2. The Bertz CT molecular complexity index is 962. The van der Waals surface area contributed by atoms with Gasteiger partial charge in [0.25, 0.3) is 16.8 Å². The summed E-state index contributed by atoms with van der Waals surface area (Å²) in [5, 5.41) is 11.4. The number of rotatable bonds is 4. The van der Waals surface area contributed by atoms with Gasteiger partial charge in [-0.1, -0.05) is 41.4 Å². The number of carbonyl (C=O) groups is 2. The molecule has 2 amide bonds. The SMILES string of the molecule is O=C1S/C(=C\c2ccccc2[N+](=O)[O-])C(=O)N1Cc1ccc(Cl)cc1Cl. The van der Waals surface area contributed by atoms with Crippen LogP contribution in [-0.4, -0.2) is 21.0 Å². The minimum atomic E-state index is -0.538. The molecule has 1 aliphatic heterocycles. The minimum absolute atomic E-state index is 0.00507. The molecule has 2 aromatic rings. The topological polar surface area (TPSA) is 80.5 Å². The zero-order chi connectivity index (χ0) is 18.8. The van der Waals surface area contributed by atoms with Crippen LogP contribution in [-0.2, 0) is 11.3 Å². The fourth-order valence-corrected chi connectivity index (χ4v) is 3.67. The molecule has 0 aromatic heterocycles. The fourth-order valence-electron chi connectivity index (χ4n) is 2.37. The molecule has 0 radical (unpaired) electrons. The highest BCUT2D eigenvalue weighted by molar-refractivity contribution is 8.18. The summed E-state index contributed by atoms with van der Waals surface area (Å²) in [4.78, 5) is 36.5. The van der Waals surface area contributed by atoms with Gasteiger partial charge in [0, 0.05) is 16.1 Å². The molecule has 6 nitrogen and oxygen atoms in total. The molecule has 9 heteroatoms. The zero-order valence-corrected chi connectivity index (χ0v) is 15.3. The van der Waals surface area contributed by atoms with Gasteiger partial charge >= 0.3 is 0 Å². The lowest BCUT2D eigenvalue weighted by Gasteiger charge is -2.13. The molecule has 1 heterocycles. The van der Waals surface area contributed by atoms with Crippen LogP contribution in [0.4, 0.5) is 10.5 Å². The molecule has 3 rings (SSSR count). The van der Waals surface area contributed by atoms with E-state index >= 15 is 0 Å². The molecule has 0 aliphatic carbocycles. The first-order chi connectivity index (χ1) is 12.4. The van der Waals surface area contributed by atoms with Gasteiger partial charge in [-0.25, -0.2) is 0 Å². The highest BCUT2D eigenvalue weighted by Gasteiger charge is 2.35. The number of imide groups is 1. The molecule has 1 fully saturated rings. The second-order valence-electron chi connectivity index (χ2n) is 5.32.